The first-order valence-electron chi connectivity index (χ1n) is 10.8. The normalized spacial score (nSPS) is 17.1. The summed E-state index contributed by atoms with van der Waals surface area (Å²) >= 11 is 14.8. The van der Waals surface area contributed by atoms with E-state index in [4.69, 9.17) is 23.2 Å². The maximum Gasteiger partial charge on any atom is 0.301 e. The summed E-state index contributed by atoms with van der Waals surface area (Å²) < 4.78 is 0.604. The molecule has 0 bridgehead atoms. The van der Waals surface area contributed by atoms with Gasteiger partial charge in [0.2, 0.25) is 5.13 Å². The molecular weight excluding hydrogens is 537 g/mol. The molecule has 1 aromatic heterocycles. The molecule has 6 nitrogen and oxygen atoms in total. The fourth-order valence-corrected chi connectivity index (χ4v) is 6.29. The number of aliphatic hydroxyl groups is 1. The van der Waals surface area contributed by atoms with Crippen LogP contribution in [-0.4, -0.2) is 27.0 Å². The van der Waals surface area contributed by atoms with Gasteiger partial charge in [0.15, 0.2) is 4.34 Å². The largest absolute Gasteiger partial charge is 0.507 e. The third-order valence-electron chi connectivity index (χ3n) is 5.58. The number of thioether (sulfide) groups is 1. The van der Waals surface area contributed by atoms with Crippen LogP contribution in [0.3, 0.4) is 0 Å². The number of anilines is 1. The molecule has 10 heteroatoms. The third-order valence-corrected chi connectivity index (χ3v) is 8.27. The lowest BCUT2D eigenvalue weighted by Crippen LogP contribution is -2.29. The SMILES string of the molecule is O=C1C(=O)N(c2nnc(SCc3ccc(Cl)cc3Cl)s2)C(c2ccccc2)/C1=C(/O)c1ccccc1. The summed E-state index contributed by atoms with van der Waals surface area (Å²) in [7, 11) is 0. The van der Waals surface area contributed by atoms with Crippen molar-refractivity contribution in [3.63, 3.8) is 0 Å². The van der Waals surface area contributed by atoms with Crippen LogP contribution in [0.25, 0.3) is 5.76 Å². The number of benzene rings is 3. The predicted octanol–water partition coefficient (Wildman–Crippen LogP) is 6.76. The van der Waals surface area contributed by atoms with Crippen LogP contribution in [0, 0.1) is 0 Å². The van der Waals surface area contributed by atoms with Crippen molar-refractivity contribution in [1.82, 2.24) is 10.2 Å². The van der Waals surface area contributed by atoms with Crippen molar-refractivity contribution in [3.8, 4) is 0 Å². The summed E-state index contributed by atoms with van der Waals surface area (Å²) in [6.07, 6.45) is 0. The van der Waals surface area contributed by atoms with E-state index < -0.39 is 17.7 Å². The van der Waals surface area contributed by atoms with E-state index in [9.17, 15) is 14.7 Å². The summed E-state index contributed by atoms with van der Waals surface area (Å²) in [4.78, 5) is 27.7. The fourth-order valence-electron chi connectivity index (χ4n) is 3.87. The predicted molar refractivity (Wildman–Crippen MR) is 144 cm³/mol. The Labute approximate surface area is 225 Å². The number of aliphatic hydroxyl groups excluding tert-OH is 1. The number of rotatable bonds is 6. The molecule has 1 fully saturated rings. The van der Waals surface area contributed by atoms with Crippen LogP contribution in [-0.2, 0) is 15.3 Å². The van der Waals surface area contributed by atoms with Crippen LogP contribution in [0.4, 0.5) is 5.13 Å². The zero-order valence-corrected chi connectivity index (χ0v) is 21.6. The van der Waals surface area contributed by atoms with Crippen molar-refractivity contribution >= 4 is 68.9 Å². The Morgan fingerprint density at radius 3 is 2.36 bits per heavy atom. The van der Waals surface area contributed by atoms with Gasteiger partial charge in [-0.05, 0) is 23.3 Å². The van der Waals surface area contributed by atoms with Crippen molar-refractivity contribution in [2.24, 2.45) is 0 Å². The van der Waals surface area contributed by atoms with E-state index >= 15 is 0 Å². The van der Waals surface area contributed by atoms with E-state index in [1.165, 1.54) is 28.0 Å². The maximum atomic E-state index is 13.2. The number of Topliss-reactive ketones (excluding diaryl/α,β-unsaturated/α-hetero) is 1. The van der Waals surface area contributed by atoms with Crippen LogP contribution < -0.4 is 4.90 Å². The minimum absolute atomic E-state index is 0.00903. The Hall–Kier alpha value is -3.17. The van der Waals surface area contributed by atoms with E-state index in [-0.39, 0.29) is 16.5 Å². The Balaban J connectivity index is 1.51. The minimum Gasteiger partial charge on any atom is -0.507 e. The highest BCUT2D eigenvalue weighted by molar-refractivity contribution is 8.00. The van der Waals surface area contributed by atoms with Crippen molar-refractivity contribution in [1.29, 1.82) is 0 Å². The molecule has 1 atom stereocenters. The molecule has 4 aromatic rings. The Morgan fingerprint density at radius 1 is 0.972 bits per heavy atom. The summed E-state index contributed by atoms with van der Waals surface area (Å²) in [5.41, 5.74) is 2.02. The van der Waals surface area contributed by atoms with Gasteiger partial charge < -0.3 is 5.11 Å². The number of amides is 1. The smallest absolute Gasteiger partial charge is 0.301 e. The molecule has 0 spiro atoms. The van der Waals surface area contributed by atoms with Crippen molar-refractivity contribution < 1.29 is 14.7 Å². The van der Waals surface area contributed by atoms with Crippen LogP contribution in [0.1, 0.15) is 22.7 Å². The van der Waals surface area contributed by atoms with E-state index in [1.54, 1.807) is 48.5 Å². The molecule has 180 valence electrons. The summed E-state index contributed by atoms with van der Waals surface area (Å²) in [5.74, 6) is -1.25. The minimum atomic E-state index is -0.845. The molecule has 0 saturated carbocycles. The molecule has 1 saturated heterocycles. The Morgan fingerprint density at radius 2 is 1.67 bits per heavy atom. The zero-order valence-electron chi connectivity index (χ0n) is 18.5. The summed E-state index contributed by atoms with van der Waals surface area (Å²) in [5, 5.41) is 20.9. The molecule has 1 unspecified atom stereocenters. The van der Waals surface area contributed by atoms with Gasteiger partial charge in [-0.1, -0.05) is 113 Å². The number of nitrogens with zero attached hydrogens (tertiary/aromatic N) is 3. The van der Waals surface area contributed by atoms with Crippen LogP contribution in [0.2, 0.25) is 10.0 Å². The highest BCUT2D eigenvalue weighted by Crippen LogP contribution is 2.44. The van der Waals surface area contributed by atoms with E-state index in [0.29, 0.717) is 31.3 Å². The first kappa shape index (κ1) is 24.5. The number of halogens is 2. The first-order chi connectivity index (χ1) is 17.4. The lowest BCUT2D eigenvalue weighted by atomic mass is 9.95. The Bertz CT molecular complexity index is 1480. The molecule has 0 aliphatic carbocycles. The first-order valence-corrected chi connectivity index (χ1v) is 13.3. The molecule has 36 heavy (non-hydrogen) atoms. The average Bonchev–Trinajstić information content (AvgIpc) is 3.46. The molecule has 2 heterocycles. The van der Waals surface area contributed by atoms with Crippen LogP contribution in [0.15, 0.2) is 88.8 Å². The van der Waals surface area contributed by atoms with Crippen molar-refractivity contribution in [2.45, 2.75) is 16.1 Å². The number of aromatic nitrogens is 2. The quantitative estimate of drug-likeness (QED) is 0.0932. The molecule has 1 aliphatic heterocycles. The summed E-state index contributed by atoms with van der Waals surface area (Å²) in [6.45, 7) is 0. The molecule has 0 radical (unpaired) electrons. The van der Waals surface area contributed by atoms with Gasteiger partial charge in [0, 0.05) is 21.4 Å². The number of ketones is 1. The second-order valence-electron chi connectivity index (χ2n) is 7.82. The molecular formula is C26H17Cl2N3O3S2. The lowest BCUT2D eigenvalue weighted by Gasteiger charge is -2.22. The van der Waals surface area contributed by atoms with E-state index in [0.717, 1.165) is 5.56 Å². The number of hydrogen-bond acceptors (Lipinski definition) is 7. The van der Waals surface area contributed by atoms with Crippen molar-refractivity contribution in [2.75, 3.05) is 4.90 Å². The monoisotopic (exact) mass is 553 g/mol. The fraction of sp³-hybridized carbons (Fsp3) is 0.0769. The Kier molecular flexibility index (Phi) is 7.11. The molecule has 1 amide bonds. The van der Waals surface area contributed by atoms with Gasteiger partial charge in [0.05, 0.1) is 11.6 Å². The second kappa shape index (κ2) is 10.4. The van der Waals surface area contributed by atoms with Gasteiger partial charge in [-0.2, -0.15) is 0 Å². The maximum absolute atomic E-state index is 13.2. The number of carbonyl (C=O) groups is 2. The highest BCUT2D eigenvalue weighted by atomic mass is 35.5. The van der Waals surface area contributed by atoms with Gasteiger partial charge in [0.25, 0.3) is 5.78 Å². The van der Waals surface area contributed by atoms with Gasteiger partial charge >= 0.3 is 5.91 Å². The zero-order chi connectivity index (χ0) is 25.2. The van der Waals surface area contributed by atoms with E-state index in [1.807, 2.05) is 30.3 Å². The third kappa shape index (κ3) is 4.77. The average molecular weight is 554 g/mol. The topological polar surface area (TPSA) is 83.4 Å². The van der Waals surface area contributed by atoms with Gasteiger partial charge in [-0.15, -0.1) is 10.2 Å². The summed E-state index contributed by atoms with van der Waals surface area (Å²) in [6, 6.07) is 22.2. The van der Waals surface area contributed by atoms with Crippen LogP contribution in [0.5, 0.6) is 0 Å². The van der Waals surface area contributed by atoms with Gasteiger partial charge in [-0.25, -0.2) is 0 Å². The highest BCUT2D eigenvalue weighted by Gasteiger charge is 2.48. The van der Waals surface area contributed by atoms with E-state index in [2.05, 4.69) is 10.2 Å². The van der Waals surface area contributed by atoms with Crippen LogP contribution >= 0.6 is 46.3 Å². The standard InChI is InChI=1S/C26H17Cl2N3O3S2/c27-18-12-11-17(19(28)13-18)14-35-26-30-29-25(36-26)31-21(15-7-3-1-4-8-15)20(23(33)24(31)34)22(32)16-9-5-2-6-10-16/h1-13,21,32H,14H2/b22-20-. The molecule has 3 aromatic carbocycles. The van der Waals surface area contributed by atoms with Gasteiger partial charge in [0.1, 0.15) is 5.76 Å². The second-order valence-corrected chi connectivity index (χ2v) is 10.8. The van der Waals surface area contributed by atoms with Crippen molar-refractivity contribution in [3.05, 3.63) is 111 Å². The number of hydrogen-bond donors (Lipinski definition) is 1. The molecule has 1 N–H and O–H groups in total. The molecule has 5 rings (SSSR count). The number of carbonyl (C=O) groups excluding carboxylic acids is 2. The lowest BCUT2D eigenvalue weighted by molar-refractivity contribution is -0.132. The van der Waals surface area contributed by atoms with Gasteiger partial charge in [-0.3, -0.25) is 14.5 Å². The molecule has 1 aliphatic rings.